The predicted molar refractivity (Wildman–Crippen MR) is 72.1 cm³/mol. The Kier molecular flexibility index (Phi) is 5.72. The average molecular weight is 214 g/mol. The van der Waals surface area contributed by atoms with Crippen molar-refractivity contribution in [3.8, 4) is 11.8 Å². The van der Waals surface area contributed by atoms with Gasteiger partial charge in [0.2, 0.25) is 0 Å². The summed E-state index contributed by atoms with van der Waals surface area (Å²) >= 11 is 0. The fourth-order valence-electron chi connectivity index (χ4n) is 1.87. The number of rotatable bonds is 2. The van der Waals surface area contributed by atoms with Crippen LogP contribution in [0.4, 0.5) is 0 Å². The average Bonchev–Trinajstić information content (AvgIpc) is 2.30. The molecule has 0 amide bonds. The maximum Gasteiger partial charge on any atom is 0.0206 e. The maximum atomic E-state index is 3.85. The fraction of sp³-hybridized carbons (Fsp3) is 0.500. The molecule has 1 fully saturated rings. The highest BCUT2D eigenvalue weighted by atomic mass is 14.1. The summed E-state index contributed by atoms with van der Waals surface area (Å²) in [6.07, 6.45) is 12.8. The topological polar surface area (TPSA) is 0 Å². The van der Waals surface area contributed by atoms with Crippen molar-refractivity contribution in [2.75, 3.05) is 0 Å². The smallest absolute Gasteiger partial charge is 0.0206 e. The first-order valence-electron chi connectivity index (χ1n) is 6.24. The lowest BCUT2D eigenvalue weighted by atomic mass is 9.89. The molecule has 0 aromatic heterocycles. The van der Waals surface area contributed by atoms with Gasteiger partial charge in [-0.05, 0) is 32.8 Å². The summed E-state index contributed by atoms with van der Waals surface area (Å²) in [6.45, 7) is 7.88. The van der Waals surface area contributed by atoms with Crippen LogP contribution >= 0.6 is 0 Å². The summed E-state index contributed by atoms with van der Waals surface area (Å²) in [5.74, 6) is 7.30. The van der Waals surface area contributed by atoms with Gasteiger partial charge < -0.3 is 0 Å². The van der Waals surface area contributed by atoms with Crippen LogP contribution in [0.1, 0.15) is 46.0 Å². The van der Waals surface area contributed by atoms with Gasteiger partial charge in [0.25, 0.3) is 0 Å². The number of hydrogen-bond donors (Lipinski definition) is 0. The van der Waals surface area contributed by atoms with Crippen LogP contribution in [-0.2, 0) is 0 Å². The van der Waals surface area contributed by atoms with Crippen LogP contribution in [0, 0.1) is 17.8 Å². The highest BCUT2D eigenvalue weighted by molar-refractivity contribution is 5.40. The van der Waals surface area contributed by atoms with Gasteiger partial charge in [0, 0.05) is 11.5 Å². The number of allylic oxidation sites excluding steroid dienone is 5. The van der Waals surface area contributed by atoms with Gasteiger partial charge in [-0.3, -0.25) is 0 Å². The molecule has 0 heterocycles. The Morgan fingerprint density at radius 2 is 1.88 bits per heavy atom. The van der Waals surface area contributed by atoms with Crippen LogP contribution in [0.3, 0.4) is 0 Å². The molecule has 0 N–H and O–H groups in total. The molecule has 0 spiro atoms. The Balaban J connectivity index is 2.55. The van der Waals surface area contributed by atoms with E-state index in [-0.39, 0.29) is 0 Å². The molecule has 0 nitrogen and oxygen atoms in total. The van der Waals surface area contributed by atoms with Crippen LogP contribution in [0.2, 0.25) is 0 Å². The summed E-state index contributed by atoms with van der Waals surface area (Å²) < 4.78 is 0. The Labute approximate surface area is 100 Å². The van der Waals surface area contributed by atoms with E-state index >= 15 is 0 Å². The SMILES string of the molecule is C=C(C)/C=C\C(C#CC1CCCCC1)=C/C. The highest BCUT2D eigenvalue weighted by Crippen LogP contribution is 2.22. The molecule has 1 saturated carbocycles. The molecule has 0 aromatic rings. The zero-order valence-electron chi connectivity index (χ0n) is 10.6. The third-order valence-electron chi connectivity index (χ3n) is 2.88. The van der Waals surface area contributed by atoms with E-state index in [1.807, 2.05) is 19.9 Å². The van der Waals surface area contributed by atoms with Crippen molar-refractivity contribution < 1.29 is 0 Å². The molecule has 0 aliphatic heterocycles. The molecule has 0 unspecified atom stereocenters. The Hall–Kier alpha value is -1.22. The standard InChI is InChI=1S/C16H22/c1-4-15(11-10-14(2)3)12-13-16-8-6-5-7-9-16/h4,10-11,16H,2,5-9H2,1,3H3/b11-10-,15-4+. The minimum Gasteiger partial charge on any atom is -0.0961 e. The van der Waals surface area contributed by atoms with Crippen LogP contribution in [-0.4, -0.2) is 0 Å². The van der Waals surface area contributed by atoms with Crippen molar-refractivity contribution in [2.45, 2.75) is 46.0 Å². The van der Waals surface area contributed by atoms with Gasteiger partial charge in [-0.25, -0.2) is 0 Å². The van der Waals surface area contributed by atoms with Crippen LogP contribution in [0.15, 0.2) is 36.0 Å². The van der Waals surface area contributed by atoms with Crippen molar-refractivity contribution in [3.63, 3.8) is 0 Å². The zero-order valence-corrected chi connectivity index (χ0v) is 10.6. The van der Waals surface area contributed by atoms with Crippen LogP contribution in [0.5, 0.6) is 0 Å². The summed E-state index contributed by atoms with van der Waals surface area (Å²) in [4.78, 5) is 0. The van der Waals surface area contributed by atoms with Crippen LogP contribution in [0.25, 0.3) is 0 Å². The zero-order chi connectivity index (χ0) is 11.8. The number of hydrogen-bond acceptors (Lipinski definition) is 0. The van der Waals surface area contributed by atoms with Crippen molar-refractivity contribution in [1.82, 2.24) is 0 Å². The second-order valence-electron chi connectivity index (χ2n) is 4.53. The van der Waals surface area contributed by atoms with Gasteiger partial charge in [0.1, 0.15) is 0 Å². The van der Waals surface area contributed by atoms with Gasteiger partial charge in [-0.1, -0.05) is 55.4 Å². The van der Waals surface area contributed by atoms with E-state index in [0.717, 1.165) is 11.1 Å². The Morgan fingerprint density at radius 1 is 1.19 bits per heavy atom. The molecule has 1 aliphatic carbocycles. The molecule has 0 radical (unpaired) electrons. The van der Waals surface area contributed by atoms with Gasteiger partial charge in [-0.2, -0.15) is 0 Å². The van der Waals surface area contributed by atoms with Gasteiger partial charge in [0.15, 0.2) is 0 Å². The van der Waals surface area contributed by atoms with E-state index in [2.05, 4.69) is 30.6 Å². The molecule has 0 bridgehead atoms. The van der Waals surface area contributed by atoms with E-state index in [4.69, 9.17) is 0 Å². The molecule has 1 rings (SSSR count). The first-order chi connectivity index (χ1) is 7.72. The summed E-state index contributed by atoms with van der Waals surface area (Å²) in [5.41, 5.74) is 2.17. The lowest BCUT2D eigenvalue weighted by molar-refractivity contribution is 0.430. The maximum absolute atomic E-state index is 3.85. The summed E-state index contributed by atoms with van der Waals surface area (Å²) in [6, 6.07) is 0. The van der Waals surface area contributed by atoms with E-state index in [1.165, 1.54) is 32.1 Å². The van der Waals surface area contributed by atoms with Gasteiger partial charge in [0.05, 0.1) is 0 Å². The molecule has 16 heavy (non-hydrogen) atoms. The van der Waals surface area contributed by atoms with Crippen LogP contribution < -0.4 is 0 Å². The Morgan fingerprint density at radius 3 is 2.44 bits per heavy atom. The second-order valence-corrected chi connectivity index (χ2v) is 4.53. The molecular formula is C16H22. The van der Waals surface area contributed by atoms with Crippen molar-refractivity contribution in [3.05, 3.63) is 36.0 Å². The van der Waals surface area contributed by atoms with Crippen molar-refractivity contribution in [1.29, 1.82) is 0 Å². The monoisotopic (exact) mass is 214 g/mol. The quantitative estimate of drug-likeness (QED) is 0.463. The lowest BCUT2D eigenvalue weighted by Crippen LogP contribution is -2.02. The summed E-state index contributed by atoms with van der Waals surface area (Å²) in [7, 11) is 0. The Bertz CT molecular complexity index is 338. The van der Waals surface area contributed by atoms with E-state index < -0.39 is 0 Å². The second kappa shape index (κ2) is 7.12. The van der Waals surface area contributed by atoms with E-state index in [9.17, 15) is 0 Å². The summed E-state index contributed by atoms with van der Waals surface area (Å²) in [5, 5.41) is 0. The minimum atomic E-state index is 0.627. The predicted octanol–water partition coefficient (Wildman–Crippen LogP) is 4.65. The molecule has 86 valence electrons. The molecule has 0 heteroatoms. The largest absolute Gasteiger partial charge is 0.0961 e. The van der Waals surface area contributed by atoms with Crippen molar-refractivity contribution in [2.24, 2.45) is 5.92 Å². The first-order valence-corrected chi connectivity index (χ1v) is 6.24. The van der Waals surface area contributed by atoms with Gasteiger partial charge >= 0.3 is 0 Å². The highest BCUT2D eigenvalue weighted by Gasteiger charge is 2.09. The lowest BCUT2D eigenvalue weighted by Gasteiger charge is -2.15. The third-order valence-corrected chi connectivity index (χ3v) is 2.88. The molecule has 1 aliphatic rings. The fourth-order valence-corrected chi connectivity index (χ4v) is 1.87. The van der Waals surface area contributed by atoms with E-state index in [1.54, 1.807) is 0 Å². The first kappa shape index (κ1) is 12.8. The van der Waals surface area contributed by atoms with E-state index in [0.29, 0.717) is 5.92 Å². The minimum absolute atomic E-state index is 0.627. The van der Waals surface area contributed by atoms with Gasteiger partial charge in [-0.15, -0.1) is 0 Å². The third kappa shape index (κ3) is 5.03. The molecular weight excluding hydrogens is 192 g/mol. The van der Waals surface area contributed by atoms with Crippen molar-refractivity contribution >= 4 is 0 Å². The molecule has 0 aromatic carbocycles. The normalized spacial score (nSPS) is 18.2. The molecule has 0 atom stereocenters. The molecule has 0 saturated heterocycles.